The highest BCUT2D eigenvalue weighted by Gasteiger charge is 2.13. The number of amides is 1. The van der Waals surface area contributed by atoms with Crippen LogP contribution in [0.5, 0.6) is 5.75 Å². The highest BCUT2D eigenvalue weighted by atomic mass is 32.1. The Morgan fingerprint density at radius 2 is 1.81 bits per heavy atom. The van der Waals surface area contributed by atoms with E-state index in [9.17, 15) is 9.59 Å². The van der Waals surface area contributed by atoms with Gasteiger partial charge in [-0.25, -0.2) is 0 Å². The van der Waals surface area contributed by atoms with E-state index in [-0.39, 0.29) is 18.9 Å². The monoisotopic (exact) mass is 383 g/mol. The smallest absolute Gasteiger partial charge is 0.310 e. The first-order valence-corrected chi connectivity index (χ1v) is 9.47. The molecule has 0 saturated heterocycles. The van der Waals surface area contributed by atoms with Crippen molar-refractivity contribution < 1.29 is 19.1 Å². The molecule has 0 unspecified atom stereocenters. The average Bonchev–Trinajstić information content (AvgIpc) is 3.18. The zero-order valence-electron chi connectivity index (χ0n) is 15.3. The molecule has 3 rings (SSSR count). The van der Waals surface area contributed by atoms with Gasteiger partial charge in [0.05, 0.1) is 13.5 Å². The van der Waals surface area contributed by atoms with Crippen molar-refractivity contribution in [3.8, 4) is 5.75 Å². The molecule has 0 aliphatic rings. The van der Waals surface area contributed by atoms with Crippen LogP contribution in [0.3, 0.4) is 0 Å². The van der Waals surface area contributed by atoms with Crippen LogP contribution in [-0.2, 0) is 27.3 Å². The van der Waals surface area contributed by atoms with Crippen molar-refractivity contribution in [3.05, 3.63) is 64.4 Å². The Kier molecular flexibility index (Phi) is 6.08. The summed E-state index contributed by atoms with van der Waals surface area (Å²) >= 11 is 1.52. The molecule has 3 aromatic rings. The fourth-order valence-corrected chi connectivity index (χ4v) is 3.39. The molecule has 0 N–H and O–H groups in total. The minimum atomic E-state index is -0.394. The number of benzene rings is 2. The van der Waals surface area contributed by atoms with E-state index in [1.54, 1.807) is 19.1 Å². The summed E-state index contributed by atoms with van der Waals surface area (Å²) in [6, 6.07) is 13.8. The van der Waals surface area contributed by atoms with Gasteiger partial charge in [-0.2, -0.15) is 11.3 Å². The predicted octanol–water partition coefficient (Wildman–Crippen LogP) is 3.65. The van der Waals surface area contributed by atoms with Crippen molar-refractivity contribution in [1.82, 2.24) is 4.90 Å². The molecule has 0 atom stereocenters. The summed E-state index contributed by atoms with van der Waals surface area (Å²) in [7, 11) is 3.34. The molecule has 0 bridgehead atoms. The Morgan fingerprint density at radius 3 is 2.56 bits per heavy atom. The Balaban J connectivity index is 1.54. The summed E-state index contributed by atoms with van der Waals surface area (Å²) in [5, 5.41) is 5.96. The highest BCUT2D eigenvalue weighted by molar-refractivity contribution is 7.08. The molecule has 0 aliphatic heterocycles. The molecular weight excluding hydrogens is 362 g/mol. The normalized spacial score (nSPS) is 10.6. The molecule has 5 nitrogen and oxygen atoms in total. The highest BCUT2D eigenvalue weighted by Crippen LogP contribution is 2.22. The van der Waals surface area contributed by atoms with Gasteiger partial charge in [0.2, 0.25) is 0 Å². The number of carbonyl (C=O) groups excluding carboxylic acids is 2. The van der Waals surface area contributed by atoms with E-state index in [1.807, 2.05) is 53.2 Å². The van der Waals surface area contributed by atoms with Crippen LogP contribution in [0.25, 0.3) is 10.8 Å². The van der Waals surface area contributed by atoms with Crippen LogP contribution in [0.4, 0.5) is 0 Å². The number of thiophene rings is 1. The topological polar surface area (TPSA) is 55.8 Å². The van der Waals surface area contributed by atoms with Crippen LogP contribution in [-0.4, -0.2) is 37.5 Å². The van der Waals surface area contributed by atoms with E-state index >= 15 is 0 Å². The summed E-state index contributed by atoms with van der Waals surface area (Å²) in [6.07, 6.45) is 0.189. The number of rotatable bonds is 7. The molecule has 2 aromatic carbocycles. The van der Waals surface area contributed by atoms with Gasteiger partial charge in [-0.05, 0) is 56.9 Å². The van der Waals surface area contributed by atoms with Crippen molar-refractivity contribution in [2.75, 3.05) is 20.8 Å². The van der Waals surface area contributed by atoms with Crippen molar-refractivity contribution in [1.29, 1.82) is 0 Å². The van der Waals surface area contributed by atoms with Crippen molar-refractivity contribution in [2.24, 2.45) is 0 Å². The van der Waals surface area contributed by atoms with E-state index in [4.69, 9.17) is 9.47 Å². The lowest BCUT2D eigenvalue weighted by molar-refractivity contribution is -0.151. The van der Waals surface area contributed by atoms with E-state index in [0.29, 0.717) is 6.54 Å². The number of carbonyl (C=O) groups is 2. The third kappa shape index (κ3) is 5.08. The Hall–Kier alpha value is -2.86. The quantitative estimate of drug-likeness (QED) is 0.585. The maximum Gasteiger partial charge on any atom is 0.310 e. The van der Waals surface area contributed by atoms with Crippen LogP contribution >= 0.6 is 11.3 Å². The summed E-state index contributed by atoms with van der Waals surface area (Å²) in [6.45, 7) is 0.202. The first-order chi connectivity index (χ1) is 13.0. The van der Waals surface area contributed by atoms with Gasteiger partial charge >= 0.3 is 5.97 Å². The van der Waals surface area contributed by atoms with E-state index < -0.39 is 5.97 Å². The van der Waals surface area contributed by atoms with Crippen LogP contribution in [0.2, 0.25) is 0 Å². The number of methoxy groups -OCH3 is 1. The summed E-state index contributed by atoms with van der Waals surface area (Å²) < 4.78 is 10.3. The van der Waals surface area contributed by atoms with Gasteiger partial charge in [0.25, 0.3) is 5.91 Å². The van der Waals surface area contributed by atoms with Crippen molar-refractivity contribution in [2.45, 2.75) is 13.0 Å². The van der Waals surface area contributed by atoms with Crippen molar-refractivity contribution in [3.63, 3.8) is 0 Å². The fourth-order valence-electron chi connectivity index (χ4n) is 2.72. The second-order valence-electron chi connectivity index (χ2n) is 6.27. The summed E-state index contributed by atoms with van der Waals surface area (Å²) in [5.74, 6) is 0.185. The van der Waals surface area contributed by atoms with Gasteiger partial charge in [-0.3, -0.25) is 9.59 Å². The Morgan fingerprint density at radius 1 is 1.04 bits per heavy atom. The predicted molar refractivity (Wildman–Crippen MR) is 106 cm³/mol. The molecule has 0 radical (unpaired) electrons. The second kappa shape index (κ2) is 8.68. The van der Waals surface area contributed by atoms with Gasteiger partial charge in [-0.1, -0.05) is 18.2 Å². The summed E-state index contributed by atoms with van der Waals surface area (Å²) in [5.41, 5.74) is 1.91. The molecule has 140 valence electrons. The molecule has 0 spiro atoms. The lowest BCUT2D eigenvalue weighted by Crippen LogP contribution is -2.31. The first kappa shape index (κ1) is 18.9. The third-order valence-electron chi connectivity index (χ3n) is 4.24. The summed E-state index contributed by atoms with van der Waals surface area (Å²) in [4.78, 5) is 25.6. The van der Waals surface area contributed by atoms with E-state index in [0.717, 1.165) is 27.6 Å². The van der Waals surface area contributed by atoms with Gasteiger partial charge in [0.15, 0.2) is 6.61 Å². The molecule has 0 fully saturated rings. The molecule has 0 aliphatic carbocycles. The zero-order valence-corrected chi connectivity index (χ0v) is 16.1. The molecular formula is C21H21NO4S. The number of hydrogen-bond acceptors (Lipinski definition) is 5. The maximum absolute atomic E-state index is 12.2. The third-order valence-corrected chi connectivity index (χ3v) is 4.97. The SMILES string of the molecule is COc1ccc2cc(CN(C)C(=O)COC(=O)Cc3ccsc3)ccc2c1. The van der Waals surface area contributed by atoms with Crippen LogP contribution < -0.4 is 4.74 Å². The van der Waals surface area contributed by atoms with Gasteiger partial charge < -0.3 is 14.4 Å². The Bertz CT molecular complexity index is 937. The number of ether oxygens (including phenoxy) is 2. The number of likely N-dealkylation sites (N-methyl/N-ethyl adjacent to an activating group) is 1. The lowest BCUT2D eigenvalue weighted by atomic mass is 10.1. The zero-order chi connectivity index (χ0) is 19.2. The Labute approximate surface area is 162 Å². The molecule has 1 amide bonds. The average molecular weight is 383 g/mol. The fraction of sp³-hybridized carbons (Fsp3) is 0.238. The number of esters is 1. The van der Waals surface area contributed by atoms with Crippen LogP contribution in [0.15, 0.2) is 53.2 Å². The molecule has 1 heterocycles. The van der Waals surface area contributed by atoms with Gasteiger partial charge in [-0.15, -0.1) is 0 Å². The first-order valence-electron chi connectivity index (χ1n) is 8.52. The minimum Gasteiger partial charge on any atom is -0.497 e. The van der Waals surface area contributed by atoms with E-state index in [2.05, 4.69) is 0 Å². The number of fused-ring (bicyclic) bond motifs is 1. The molecule has 6 heteroatoms. The van der Waals surface area contributed by atoms with E-state index in [1.165, 1.54) is 11.3 Å². The maximum atomic E-state index is 12.2. The number of nitrogens with zero attached hydrogens (tertiary/aromatic N) is 1. The van der Waals surface area contributed by atoms with Gasteiger partial charge in [0, 0.05) is 13.6 Å². The molecule has 27 heavy (non-hydrogen) atoms. The number of hydrogen-bond donors (Lipinski definition) is 0. The van der Waals surface area contributed by atoms with Crippen molar-refractivity contribution >= 4 is 34.0 Å². The van der Waals surface area contributed by atoms with Gasteiger partial charge in [0.1, 0.15) is 5.75 Å². The molecule has 0 saturated carbocycles. The second-order valence-corrected chi connectivity index (χ2v) is 7.05. The minimum absolute atomic E-state index is 0.189. The molecule has 1 aromatic heterocycles. The van der Waals surface area contributed by atoms with Crippen LogP contribution in [0, 0.1) is 0 Å². The largest absolute Gasteiger partial charge is 0.497 e. The standard InChI is InChI=1S/C21H21NO4S/c1-22(20(23)13-26-21(24)10-16-7-8-27-14-16)12-15-3-4-18-11-19(25-2)6-5-17(18)9-15/h3-9,11,14H,10,12-13H2,1-2H3. The van der Waals surface area contributed by atoms with Crippen LogP contribution in [0.1, 0.15) is 11.1 Å². The lowest BCUT2D eigenvalue weighted by Gasteiger charge is -2.17.